The highest BCUT2D eigenvalue weighted by Crippen LogP contribution is 2.66. The van der Waals surface area contributed by atoms with E-state index in [1.54, 1.807) is 6.08 Å². The molecular formula is C21H28O5. The Labute approximate surface area is 153 Å². The highest BCUT2D eigenvalue weighted by molar-refractivity contribution is 5.91. The van der Waals surface area contributed by atoms with E-state index < -0.39 is 24.0 Å². The van der Waals surface area contributed by atoms with Crippen LogP contribution in [0.4, 0.5) is 0 Å². The topological polar surface area (TPSA) is 91.7 Å². The van der Waals surface area contributed by atoms with E-state index in [1.165, 1.54) is 0 Å². The van der Waals surface area contributed by atoms with Crippen LogP contribution in [0.2, 0.25) is 0 Å². The Morgan fingerprint density at radius 3 is 2.85 bits per heavy atom. The van der Waals surface area contributed by atoms with Crippen molar-refractivity contribution in [3.8, 4) is 0 Å². The molecule has 7 atom stereocenters. The largest absolute Gasteiger partial charge is 0.393 e. The summed E-state index contributed by atoms with van der Waals surface area (Å²) in [5, 5.41) is 20.5. The van der Waals surface area contributed by atoms with Crippen molar-refractivity contribution in [2.24, 2.45) is 34.5 Å². The maximum Gasteiger partial charge on any atom is 0.162 e. The van der Waals surface area contributed by atoms with Crippen LogP contribution in [0.5, 0.6) is 0 Å². The molecular weight excluding hydrogens is 334 g/mol. The normalized spacial score (nSPS) is 47.4. The van der Waals surface area contributed by atoms with Gasteiger partial charge in [-0.2, -0.15) is 0 Å². The zero-order valence-electron chi connectivity index (χ0n) is 15.3. The molecule has 4 aliphatic carbocycles. The second-order valence-electron chi connectivity index (χ2n) is 9.14. The molecule has 142 valence electrons. The highest BCUT2D eigenvalue weighted by Gasteiger charge is 2.64. The number of Topliss-reactive ketones (excluding diaryl/α,β-unsaturated/α-hetero) is 1. The molecule has 0 aromatic rings. The predicted molar refractivity (Wildman–Crippen MR) is 94.1 cm³/mol. The molecule has 0 heterocycles. The summed E-state index contributed by atoms with van der Waals surface area (Å²) in [6.07, 6.45) is 6.75. The van der Waals surface area contributed by atoms with Crippen molar-refractivity contribution in [1.82, 2.24) is 0 Å². The molecule has 4 rings (SSSR count). The lowest BCUT2D eigenvalue weighted by Crippen LogP contribution is -2.58. The van der Waals surface area contributed by atoms with Gasteiger partial charge in [-0.15, -0.1) is 0 Å². The van der Waals surface area contributed by atoms with Crippen molar-refractivity contribution >= 4 is 17.9 Å². The highest BCUT2D eigenvalue weighted by atomic mass is 16.3. The minimum atomic E-state index is -0.831. The number of carbonyl (C=O) groups excluding carboxylic acids is 3. The van der Waals surface area contributed by atoms with Gasteiger partial charge in [-0.3, -0.25) is 9.59 Å². The van der Waals surface area contributed by atoms with E-state index in [0.29, 0.717) is 19.3 Å². The Kier molecular flexibility index (Phi) is 4.23. The van der Waals surface area contributed by atoms with E-state index in [0.717, 1.165) is 37.5 Å². The number of rotatable bonds is 3. The molecule has 0 unspecified atom stereocenters. The zero-order valence-corrected chi connectivity index (χ0v) is 15.3. The molecule has 0 amide bonds. The molecule has 0 saturated heterocycles. The number of allylic oxidation sites excluding steroid dienone is 1. The minimum Gasteiger partial charge on any atom is -0.393 e. The first-order chi connectivity index (χ1) is 12.4. The van der Waals surface area contributed by atoms with Gasteiger partial charge in [-0.25, -0.2) is 0 Å². The summed E-state index contributed by atoms with van der Waals surface area (Å²) in [6, 6.07) is 0. The molecule has 3 saturated carbocycles. The van der Waals surface area contributed by atoms with Gasteiger partial charge in [0.1, 0.15) is 12.9 Å². The number of aldehydes is 1. The average molecular weight is 362 g/mol. The smallest absolute Gasteiger partial charge is 0.162 e. The third kappa shape index (κ3) is 2.26. The van der Waals surface area contributed by atoms with E-state index in [9.17, 15) is 24.6 Å². The van der Waals surface area contributed by atoms with Crippen molar-refractivity contribution in [3.63, 3.8) is 0 Å². The lowest BCUT2D eigenvalue weighted by atomic mass is 9.47. The first-order valence-corrected chi connectivity index (χ1v) is 9.89. The number of hydrogen-bond acceptors (Lipinski definition) is 5. The fraction of sp³-hybridized carbons (Fsp3) is 0.762. The van der Waals surface area contributed by atoms with Crippen LogP contribution in [-0.2, 0) is 14.4 Å². The Bertz CT molecular complexity index is 682. The molecule has 26 heavy (non-hydrogen) atoms. The van der Waals surface area contributed by atoms with Crippen molar-refractivity contribution in [2.75, 3.05) is 6.61 Å². The van der Waals surface area contributed by atoms with E-state index in [2.05, 4.69) is 6.92 Å². The Morgan fingerprint density at radius 1 is 1.38 bits per heavy atom. The van der Waals surface area contributed by atoms with Gasteiger partial charge in [-0.05, 0) is 67.8 Å². The van der Waals surface area contributed by atoms with Gasteiger partial charge in [0.15, 0.2) is 11.6 Å². The maximum atomic E-state index is 12.3. The van der Waals surface area contributed by atoms with Crippen LogP contribution in [-0.4, -0.2) is 40.8 Å². The van der Waals surface area contributed by atoms with Crippen LogP contribution in [0.3, 0.4) is 0 Å². The summed E-state index contributed by atoms with van der Waals surface area (Å²) < 4.78 is 0. The third-order valence-electron chi connectivity index (χ3n) is 8.27. The predicted octanol–water partition coefficient (Wildman–Crippen LogP) is 1.85. The summed E-state index contributed by atoms with van der Waals surface area (Å²) in [5.74, 6) is -0.241. The first-order valence-electron chi connectivity index (χ1n) is 9.89. The fourth-order valence-electron chi connectivity index (χ4n) is 7.18. The summed E-state index contributed by atoms with van der Waals surface area (Å²) in [5.41, 5.74) is 0.140. The van der Waals surface area contributed by atoms with Gasteiger partial charge in [-0.1, -0.05) is 12.5 Å². The van der Waals surface area contributed by atoms with Gasteiger partial charge in [0.05, 0.1) is 6.10 Å². The molecule has 0 aromatic heterocycles. The Hall–Kier alpha value is -1.33. The summed E-state index contributed by atoms with van der Waals surface area (Å²) >= 11 is 0. The quantitative estimate of drug-likeness (QED) is 0.748. The van der Waals surface area contributed by atoms with Crippen LogP contribution in [0, 0.1) is 34.5 Å². The summed E-state index contributed by atoms with van der Waals surface area (Å²) in [4.78, 5) is 36.4. The summed E-state index contributed by atoms with van der Waals surface area (Å²) in [6.45, 7) is 1.63. The second kappa shape index (κ2) is 6.10. The van der Waals surface area contributed by atoms with Crippen LogP contribution >= 0.6 is 0 Å². The zero-order chi connectivity index (χ0) is 18.7. The maximum absolute atomic E-state index is 12.3. The fourth-order valence-corrected chi connectivity index (χ4v) is 7.18. The second-order valence-corrected chi connectivity index (χ2v) is 9.14. The molecule has 0 spiro atoms. The number of hydrogen-bond donors (Lipinski definition) is 2. The van der Waals surface area contributed by atoms with Crippen molar-refractivity contribution < 1.29 is 24.6 Å². The number of carbonyl (C=O) groups is 3. The minimum absolute atomic E-state index is 0.0386. The van der Waals surface area contributed by atoms with E-state index in [-0.39, 0.29) is 34.7 Å². The molecule has 0 bridgehead atoms. The van der Waals surface area contributed by atoms with E-state index in [4.69, 9.17) is 0 Å². The van der Waals surface area contributed by atoms with E-state index >= 15 is 0 Å². The van der Waals surface area contributed by atoms with Gasteiger partial charge in [0, 0.05) is 17.8 Å². The first kappa shape index (κ1) is 18.1. The summed E-state index contributed by atoms with van der Waals surface area (Å²) in [7, 11) is 0. The molecule has 5 heteroatoms. The number of aliphatic hydroxyl groups excluding tert-OH is 2. The van der Waals surface area contributed by atoms with Crippen molar-refractivity contribution in [3.05, 3.63) is 11.6 Å². The van der Waals surface area contributed by atoms with Crippen molar-refractivity contribution in [2.45, 2.75) is 58.0 Å². The van der Waals surface area contributed by atoms with Gasteiger partial charge < -0.3 is 15.0 Å². The third-order valence-corrected chi connectivity index (χ3v) is 8.27. The lowest BCUT2D eigenvalue weighted by molar-refractivity contribution is -0.157. The molecule has 0 aromatic carbocycles. The van der Waals surface area contributed by atoms with Gasteiger partial charge in [0.2, 0.25) is 0 Å². The Morgan fingerprint density at radius 2 is 2.15 bits per heavy atom. The molecule has 3 fully saturated rings. The average Bonchev–Trinajstić information content (AvgIpc) is 3.00. The van der Waals surface area contributed by atoms with Crippen molar-refractivity contribution in [1.29, 1.82) is 0 Å². The molecule has 0 aliphatic heterocycles. The molecule has 5 nitrogen and oxygen atoms in total. The van der Waals surface area contributed by atoms with Gasteiger partial charge in [0.25, 0.3) is 0 Å². The van der Waals surface area contributed by atoms with E-state index in [1.807, 2.05) is 0 Å². The monoisotopic (exact) mass is 362 g/mol. The lowest BCUT2D eigenvalue weighted by Gasteiger charge is -2.59. The van der Waals surface area contributed by atoms with Gasteiger partial charge >= 0.3 is 0 Å². The van der Waals surface area contributed by atoms with Crippen LogP contribution in [0.25, 0.3) is 0 Å². The van der Waals surface area contributed by atoms with Crippen LogP contribution in [0.1, 0.15) is 51.9 Å². The number of fused-ring (bicyclic) bond motifs is 5. The SMILES string of the molecule is C[C@]12CCC(=O)C=C1CC[C@@H]1[C@@H]2[C@@H](O)C[C@@]2(C=O)[C@H]1CC[14C@@H]2C(=O)CO. The molecule has 0 radical (unpaired) electrons. The number of aliphatic hydroxyl groups is 2. The number of ketones is 2. The standard InChI is InChI=1S/C21H28O5/c1-20-7-6-13(24)8-12(20)2-3-14-15-4-5-16(18(26)10-22)21(15,11-23)9-17(25)19(14)20/h8,11,14-17,19,22,25H,2-7,9-10H2,1H3/t14-,15-,16+,17-,19+,20-,21+/m0/s1/i16+2. The Balaban J connectivity index is 1.74. The van der Waals surface area contributed by atoms with Crippen LogP contribution in [0.15, 0.2) is 11.6 Å². The molecule has 4 aliphatic rings. The molecule has 2 N–H and O–H groups in total. The van der Waals surface area contributed by atoms with Crippen LogP contribution < -0.4 is 0 Å².